The van der Waals surface area contributed by atoms with Crippen LogP contribution in [0.1, 0.15) is 0 Å². The normalized spacial score (nSPS) is 11.9. The number of thiophene rings is 1. The molecule has 0 aliphatic heterocycles. The highest BCUT2D eigenvalue weighted by Gasteiger charge is 2.19. The van der Waals surface area contributed by atoms with Gasteiger partial charge in [0, 0.05) is 58.4 Å². The van der Waals surface area contributed by atoms with Gasteiger partial charge in [0.1, 0.15) is 22.3 Å². The van der Waals surface area contributed by atoms with Gasteiger partial charge in [0.15, 0.2) is 17.5 Å². The number of benzene rings is 7. The van der Waals surface area contributed by atoms with Gasteiger partial charge in [-0.3, -0.25) is 0 Å². The third-order valence-corrected chi connectivity index (χ3v) is 11.0. The predicted octanol–water partition coefficient (Wildman–Crippen LogP) is 12.7. The Hall–Kier alpha value is -6.63. The van der Waals surface area contributed by atoms with Crippen LogP contribution in [0.4, 0.5) is 0 Å². The molecule has 0 fully saturated rings. The zero-order valence-corrected chi connectivity index (χ0v) is 27.8. The Bertz CT molecular complexity index is 3160. The SMILES string of the molecule is c1ccc(-c2nc(-c3ccc4c(c3)oc3ccccc34)nc(-c3cccc4oc5cc(-c6cccc7c6sc6ccccc67)ccc5c34)n2)cc1. The molecule has 0 radical (unpaired) electrons. The molecule has 0 aliphatic carbocycles. The first-order valence-corrected chi connectivity index (χ1v) is 17.7. The molecular weight excluding hydrogens is 647 g/mol. The van der Waals surface area contributed by atoms with Gasteiger partial charge in [0.05, 0.1) is 0 Å². The molecule has 0 spiro atoms. The number of rotatable bonds is 4. The minimum Gasteiger partial charge on any atom is -0.456 e. The molecule has 238 valence electrons. The summed E-state index contributed by atoms with van der Waals surface area (Å²) >= 11 is 1.83. The smallest absolute Gasteiger partial charge is 0.164 e. The highest BCUT2D eigenvalue weighted by Crippen LogP contribution is 2.43. The van der Waals surface area contributed by atoms with Crippen LogP contribution in [0.3, 0.4) is 0 Å². The van der Waals surface area contributed by atoms with Gasteiger partial charge in [-0.2, -0.15) is 0 Å². The first kappa shape index (κ1) is 28.2. The molecule has 4 heterocycles. The van der Waals surface area contributed by atoms with E-state index in [4.69, 9.17) is 23.8 Å². The van der Waals surface area contributed by atoms with Gasteiger partial charge >= 0.3 is 0 Å². The Morgan fingerprint density at radius 2 is 0.980 bits per heavy atom. The molecule has 0 N–H and O–H groups in total. The first-order valence-electron chi connectivity index (χ1n) is 16.8. The summed E-state index contributed by atoms with van der Waals surface area (Å²) in [7, 11) is 0. The summed E-state index contributed by atoms with van der Waals surface area (Å²) in [5.74, 6) is 1.75. The quantitative estimate of drug-likeness (QED) is 0.186. The van der Waals surface area contributed by atoms with E-state index < -0.39 is 0 Å². The van der Waals surface area contributed by atoms with Crippen molar-refractivity contribution in [3.63, 3.8) is 0 Å². The summed E-state index contributed by atoms with van der Waals surface area (Å²) in [6, 6.07) is 52.1. The molecular formula is C45H25N3O2S. The van der Waals surface area contributed by atoms with Crippen LogP contribution in [0, 0.1) is 0 Å². The summed E-state index contributed by atoms with van der Waals surface area (Å²) in [5, 5.41) is 6.70. The molecule has 7 aromatic carbocycles. The van der Waals surface area contributed by atoms with Crippen molar-refractivity contribution in [2.24, 2.45) is 0 Å². The minimum absolute atomic E-state index is 0.574. The van der Waals surface area contributed by atoms with E-state index in [9.17, 15) is 0 Å². The number of hydrogen-bond donors (Lipinski definition) is 0. The Labute approximate surface area is 295 Å². The van der Waals surface area contributed by atoms with Gasteiger partial charge in [-0.05, 0) is 53.6 Å². The van der Waals surface area contributed by atoms with Gasteiger partial charge in [-0.15, -0.1) is 11.3 Å². The average molecular weight is 672 g/mol. The molecule has 0 saturated heterocycles. The maximum absolute atomic E-state index is 6.57. The Kier molecular flexibility index (Phi) is 6.05. The second-order valence-electron chi connectivity index (χ2n) is 12.8. The van der Waals surface area contributed by atoms with Crippen LogP contribution in [0.15, 0.2) is 160 Å². The number of aromatic nitrogens is 3. The number of hydrogen-bond acceptors (Lipinski definition) is 6. The summed E-state index contributed by atoms with van der Waals surface area (Å²) in [4.78, 5) is 15.2. The molecule has 6 heteroatoms. The molecule has 11 rings (SSSR count). The van der Waals surface area contributed by atoms with Crippen LogP contribution in [0.5, 0.6) is 0 Å². The van der Waals surface area contributed by atoms with Gasteiger partial charge in [-0.1, -0.05) is 109 Å². The van der Waals surface area contributed by atoms with Crippen LogP contribution in [0.25, 0.3) is 109 Å². The van der Waals surface area contributed by atoms with E-state index in [0.717, 1.165) is 66.1 Å². The van der Waals surface area contributed by atoms with Gasteiger partial charge in [0.25, 0.3) is 0 Å². The van der Waals surface area contributed by atoms with Crippen molar-refractivity contribution in [1.82, 2.24) is 15.0 Å². The van der Waals surface area contributed by atoms with Crippen LogP contribution in [0.2, 0.25) is 0 Å². The lowest BCUT2D eigenvalue weighted by Gasteiger charge is -2.09. The molecule has 0 unspecified atom stereocenters. The summed E-state index contributed by atoms with van der Waals surface area (Å²) in [6.07, 6.45) is 0. The average Bonchev–Trinajstić information content (AvgIpc) is 3.88. The van der Waals surface area contributed by atoms with E-state index in [2.05, 4.69) is 84.9 Å². The Balaban J connectivity index is 1.09. The first-order chi connectivity index (χ1) is 25.2. The molecule has 0 aliphatic rings. The highest BCUT2D eigenvalue weighted by molar-refractivity contribution is 7.26. The fourth-order valence-electron chi connectivity index (χ4n) is 7.36. The lowest BCUT2D eigenvalue weighted by Crippen LogP contribution is -2.00. The third-order valence-electron chi connectivity index (χ3n) is 9.76. The van der Waals surface area contributed by atoms with Gasteiger partial charge in [0.2, 0.25) is 0 Å². The zero-order chi connectivity index (χ0) is 33.5. The fraction of sp³-hybridized carbons (Fsp3) is 0. The number of fused-ring (bicyclic) bond motifs is 9. The number of para-hydroxylation sites is 1. The highest BCUT2D eigenvalue weighted by atomic mass is 32.1. The van der Waals surface area contributed by atoms with E-state index in [-0.39, 0.29) is 0 Å². The molecule has 0 bridgehead atoms. The van der Waals surface area contributed by atoms with Crippen molar-refractivity contribution >= 4 is 75.4 Å². The molecule has 0 amide bonds. The van der Waals surface area contributed by atoms with Crippen molar-refractivity contribution in [2.75, 3.05) is 0 Å². The van der Waals surface area contributed by atoms with E-state index >= 15 is 0 Å². The maximum atomic E-state index is 6.57. The standard InChI is InChI=1S/C45H25N3O2S/c1-2-10-26(11-3-1)43-46-44(28-21-22-31-30-12-4-6-17-36(30)49-38(31)25-28)48-45(47-43)35-16-9-18-37-41(35)34-23-20-27(24-39(34)50-37)29-14-8-15-33-32-13-5-7-19-40(32)51-42(29)33/h1-25H. The molecule has 5 nitrogen and oxygen atoms in total. The third kappa shape index (κ3) is 4.43. The minimum atomic E-state index is 0.574. The predicted molar refractivity (Wildman–Crippen MR) is 209 cm³/mol. The molecule has 0 atom stereocenters. The zero-order valence-electron chi connectivity index (χ0n) is 27.0. The topological polar surface area (TPSA) is 65.0 Å². The lowest BCUT2D eigenvalue weighted by molar-refractivity contribution is 0.668. The van der Waals surface area contributed by atoms with Crippen molar-refractivity contribution < 1.29 is 8.83 Å². The van der Waals surface area contributed by atoms with Gasteiger partial charge < -0.3 is 8.83 Å². The summed E-state index contributed by atoms with van der Waals surface area (Å²) in [6.45, 7) is 0. The van der Waals surface area contributed by atoms with E-state index in [1.54, 1.807) is 0 Å². The largest absolute Gasteiger partial charge is 0.456 e. The second kappa shape index (κ2) is 10.9. The summed E-state index contributed by atoms with van der Waals surface area (Å²) in [5.41, 5.74) is 8.23. The number of nitrogens with zero attached hydrogens (tertiary/aromatic N) is 3. The van der Waals surface area contributed by atoms with Crippen molar-refractivity contribution in [2.45, 2.75) is 0 Å². The monoisotopic (exact) mass is 671 g/mol. The van der Waals surface area contributed by atoms with E-state index in [1.165, 1.54) is 25.7 Å². The van der Waals surface area contributed by atoms with Crippen molar-refractivity contribution in [3.8, 4) is 45.3 Å². The van der Waals surface area contributed by atoms with Crippen molar-refractivity contribution in [1.29, 1.82) is 0 Å². The number of furan rings is 2. The van der Waals surface area contributed by atoms with E-state index in [0.29, 0.717) is 17.5 Å². The molecule has 11 aromatic rings. The van der Waals surface area contributed by atoms with Crippen LogP contribution in [-0.4, -0.2) is 15.0 Å². The molecule has 4 aromatic heterocycles. The van der Waals surface area contributed by atoms with Crippen LogP contribution < -0.4 is 0 Å². The van der Waals surface area contributed by atoms with Crippen LogP contribution >= 0.6 is 11.3 Å². The summed E-state index contributed by atoms with van der Waals surface area (Å²) < 4.78 is 15.4. The molecule has 51 heavy (non-hydrogen) atoms. The van der Waals surface area contributed by atoms with Crippen molar-refractivity contribution in [3.05, 3.63) is 152 Å². The molecule has 0 saturated carbocycles. The van der Waals surface area contributed by atoms with Gasteiger partial charge in [-0.25, -0.2) is 15.0 Å². The fourth-order valence-corrected chi connectivity index (χ4v) is 8.60. The van der Waals surface area contributed by atoms with Crippen LogP contribution in [-0.2, 0) is 0 Å². The Morgan fingerprint density at radius 1 is 0.373 bits per heavy atom. The lowest BCUT2D eigenvalue weighted by atomic mass is 10.00. The Morgan fingerprint density at radius 3 is 1.90 bits per heavy atom. The maximum Gasteiger partial charge on any atom is 0.164 e. The second-order valence-corrected chi connectivity index (χ2v) is 13.8. The van der Waals surface area contributed by atoms with E-state index in [1.807, 2.05) is 78.1 Å².